The van der Waals surface area contributed by atoms with Crippen molar-refractivity contribution in [2.45, 2.75) is 19.4 Å². The van der Waals surface area contributed by atoms with E-state index in [4.69, 9.17) is 11.5 Å². The van der Waals surface area contributed by atoms with Crippen LogP contribution in [0.5, 0.6) is 0 Å². The molecule has 0 aliphatic heterocycles. The summed E-state index contributed by atoms with van der Waals surface area (Å²) in [4.78, 5) is 0. The van der Waals surface area contributed by atoms with Crippen LogP contribution >= 0.6 is 0 Å². The van der Waals surface area contributed by atoms with Gasteiger partial charge in [-0.2, -0.15) is 0 Å². The lowest BCUT2D eigenvalue weighted by molar-refractivity contribution is 0.699. The average molecular weight is 150 g/mol. The van der Waals surface area contributed by atoms with Gasteiger partial charge in [0.15, 0.2) is 0 Å². The first-order valence-corrected chi connectivity index (χ1v) is 3.85. The molecule has 11 heavy (non-hydrogen) atoms. The Morgan fingerprint density at radius 2 is 2.18 bits per heavy atom. The molecule has 0 radical (unpaired) electrons. The number of benzene rings is 1. The standard InChI is InChI=1S/C9H14N2/c1-2-9(11)7-4-3-5-8(10)6-7/h3-6,9H,2,10-11H2,1H3. The summed E-state index contributed by atoms with van der Waals surface area (Å²) in [5.74, 6) is 0. The van der Waals surface area contributed by atoms with Crippen molar-refractivity contribution in [1.82, 2.24) is 0 Å². The van der Waals surface area contributed by atoms with Gasteiger partial charge in [-0.25, -0.2) is 0 Å². The number of rotatable bonds is 2. The van der Waals surface area contributed by atoms with Crippen molar-refractivity contribution in [1.29, 1.82) is 0 Å². The zero-order chi connectivity index (χ0) is 8.27. The molecule has 1 unspecified atom stereocenters. The van der Waals surface area contributed by atoms with Crippen molar-refractivity contribution >= 4 is 5.69 Å². The van der Waals surface area contributed by atoms with Crippen LogP contribution in [0.25, 0.3) is 0 Å². The summed E-state index contributed by atoms with van der Waals surface area (Å²) in [6.07, 6.45) is 0.948. The molecule has 0 aromatic heterocycles. The van der Waals surface area contributed by atoms with E-state index in [-0.39, 0.29) is 6.04 Å². The van der Waals surface area contributed by atoms with E-state index in [1.807, 2.05) is 24.3 Å². The number of anilines is 1. The van der Waals surface area contributed by atoms with Crippen LogP contribution in [-0.4, -0.2) is 0 Å². The Hall–Kier alpha value is -1.02. The van der Waals surface area contributed by atoms with Crippen molar-refractivity contribution < 1.29 is 0 Å². The van der Waals surface area contributed by atoms with Crippen LogP contribution in [-0.2, 0) is 0 Å². The van der Waals surface area contributed by atoms with Gasteiger partial charge in [-0.3, -0.25) is 0 Å². The van der Waals surface area contributed by atoms with Crippen LogP contribution in [0.15, 0.2) is 24.3 Å². The van der Waals surface area contributed by atoms with Gasteiger partial charge in [0.1, 0.15) is 0 Å². The first kappa shape index (κ1) is 8.08. The van der Waals surface area contributed by atoms with Gasteiger partial charge in [-0.05, 0) is 24.1 Å². The summed E-state index contributed by atoms with van der Waals surface area (Å²) < 4.78 is 0. The second-order valence-electron chi connectivity index (χ2n) is 2.68. The summed E-state index contributed by atoms with van der Waals surface area (Å²) in [6.45, 7) is 2.06. The number of hydrogen-bond donors (Lipinski definition) is 2. The van der Waals surface area contributed by atoms with Crippen LogP contribution in [0.1, 0.15) is 24.9 Å². The smallest absolute Gasteiger partial charge is 0.0317 e. The molecule has 4 N–H and O–H groups in total. The summed E-state index contributed by atoms with van der Waals surface area (Å²) in [5, 5.41) is 0. The van der Waals surface area contributed by atoms with Crippen LogP contribution in [0.4, 0.5) is 5.69 Å². The van der Waals surface area contributed by atoms with Crippen molar-refractivity contribution in [2.24, 2.45) is 5.73 Å². The molecule has 60 valence electrons. The van der Waals surface area contributed by atoms with Gasteiger partial charge in [0.2, 0.25) is 0 Å². The second kappa shape index (κ2) is 3.39. The third kappa shape index (κ3) is 1.95. The molecule has 1 aromatic carbocycles. The first-order chi connectivity index (χ1) is 5.24. The van der Waals surface area contributed by atoms with Gasteiger partial charge in [0.25, 0.3) is 0 Å². The molecule has 0 bridgehead atoms. The molecule has 2 heteroatoms. The Morgan fingerprint density at radius 1 is 1.45 bits per heavy atom. The maximum Gasteiger partial charge on any atom is 0.0317 e. The van der Waals surface area contributed by atoms with Crippen molar-refractivity contribution in [3.05, 3.63) is 29.8 Å². The predicted octanol–water partition coefficient (Wildman–Crippen LogP) is 1.68. The zero-order valence-corrected chi connectivity index (χ0v) is 6.75. The minimum atomic E-state index is 0.124. The highest BCUT2D eigenvalue weighted by Crippen LogP contribution is 2.15. The van der Waals surface area contributed by atoms with Crippen LogP contribution in [0.2, 0.25) is 0 Å². The van der Waals surface area contributed by atoms with Gasteiger partial charge in [0.05, 0.1) is 0 Å². The highest BCUT2D eigenvalue weighted by molar-refractivity contribution is 5.41. The largest absolute Gasteiger partial charge is 0.399 e. The molecular weight excluding hydrogens is 136 g/mol. The fourth-order valence-corrected chi connectivity index (χ4v) is 1.03. The van der Waals surface area contributed by atoms with Gasteiger partial charge in [-0.15, -0.1) is 0 Å². The summed E-state index contributed by atoms with van der Waals surface area (Å²) in [7, 11) is 0. The molecule has 0 aliphatic carbocycles. The van der Waals surface area contributed by atoms with Crippen molar-refractivity contribution in [3.63, 3.8) is 0 Å². The fourth-order valence-electron chi connectivity index (χ4n) is 1.03. The Labute approximate surface area is 67.2 Å². The second-order valence-corrected chi connectivity index (χ2v) is 2.68. The third-order valence-electron chi connectivity index (χ3n) is 1.78. The van der Waals surface area contributed by atoms with Gasteiger partial charge >= 0.3 is 0 Å². The van der Waals surface area contributed by atoms with Gasteiger partial charge in [-0.1, -0.05) is 19.1 Å². The minimum absolute atomic E-state index is 0.124. The average Bonchev–Trinajstić information content (AvgIpc) is 2.03. The molecule has 2 nitrogen and oxygen atoms in total. The normalized spacial score (nSPS) is 12.9. The summed E-state index contributed by atoms with van der Waals surface area (Å²) in [6, 6.07) is 7.85. The minimum Gasteiger partial charge on any atom is -0.399 e. The molecular formula is C9H14N2. The topological polar surface area (TPSA) is 52.0 Å². The number of nitrogens with two attached hydrogens (primary N) is 2. The molecule has 1 aromatic rings. The monoisotopic (exact) mass is 150 g/mol. The van der Waals surface area contributed by atoms with Gasteiger partial charge < -0.3 is 11.5 Å². The van der Waals surface area contributed by atoms with E-state index in [0.29, 0.717) is 0 Å². The van der Waals surface area contributed by atoms with Crippen molar-refractivity contribution in [3.8, 4) is 0 Å². The lowest BCUT2D eigenvalue weighted by Gasteiger charge is -2.08. The molecule has 0 saturated heterocycles. The molecule has 0 aliphatic rings. The molecule has 1 rings (SSSR count). The Kier molecular flexibility index (Phi) is 2.49. The Morgan fingerprint density at radius 3 is 2.73 bits per heavy atom. The molecule has 0 heterocycles. The summed E-state index contributed by atoms with van der Waals surface area (Å²) in [5.41, 5.74) is 13.3. The lowest BCUT2D eigenvalue weighted by Crippen LogP contribution is -2.08. The van der Waals surface area contributed by atoms with E-state index in [1.54, 1.807) is 0 Å². The maximum absolute atomic E-state index is 5.81. The van der Waals surface area contributed by atoms with E-state index >= 15 is 0 Å². The molecule has 1 atom stereocenters. The Bertz CT molecular complexity index is 233. The van der Waals surface area contributed by atoms with Crippen LogP contribution in [0, 0.1) is 0 Å². The van der Waals surface area contributed by atoms with E-state index in [0.717, 1.165) is 17.7 Å². The highest BCUT2D eigenvalue weighted by atomic mass is 14.6. The zero-order valence-electron chi connectivity index (χ0n) is 6.75. The number of nitrogen functional groups attached to an aromatic ring is 1. The molecule has 0 spiro atoms. The first-order valence-electron chi connectivity index (χ1n) is 3.85. The third-order valence-corrected chi connectivity index (χ3v) is 1.78. The fraction of sp³-hybridized carbons (Fsp3) is 0.333. The van der Waals surface area contributed by atoms with Crippen molar-refractivity contribution in [2.75, 3.05) is 5.73 Å². The summed E-state index contributed by atoms with van der Waals surface area (Å²) >= 11 is 0. The Balaban J connectivity index is 2.86. The quantitative estimate of drug-likeness (QED) is 0.630. The SMILES string of the molecule is CCC(N)c1cccc(N)c1. The van der Waals surface area contributed by atoms with Gasteiger partial charge in [0, 0.05) is 11.7 Å². The van der Waals surface area contributed by atoms with E-state index in [2.05, 4.69) is 6.92 Å². The number of hydrogen-bond acceptors (Lipinski definition) is 2. The van der Waals surface area contributed by atoms with Crippen LogP contribution < -0.4 is 11.5 Å². The molecule has 0 fully saturated rings. The van der Waals surface area contributed by atoms with Crippen LogP contribution in [0.3, 0.4) is 0 Å². The van der Waals surface area contributed by atoms with E-state index in [9.17, 15) is 0 Å². The van der Waals surface area contributed by atoms with E-state index in [1.165, 1.54) is 0 Å². The van der Waals surface area contributed by atoms with E-state index < -0.39 is 0 Å². The molecule has 0 saturated carbocycles. The predicted molar refractivity (Wildman–Crippen MR) is 48.1 cm³/mol. The highest BCUT2D eigenvalue weighted by Gasteiger charge is 2.01. The lowest BCUT2D eigenvalue weighted by atomic mass is 10.1. The molecule has 0 amide bonds. The maximum atomic E-state index is 5.81.